The van der Waals surface area contributed by atoms with Crippen LogP contribution in [0.2, 0.25) is 0 Å². The van der Waals surface area contributed by atoms with Crippen LogP contribution in [0.15, 0.2) is 39.7 Å². The third-order valence-corrected chi connectivity index (χ3v) is 4.16. The lowest BCUT2D eigenvalue weighted by atomic mass is 9.97. The molecule has 2 aromatic heterocycles. The molecule has 0 unspecified atom stereocenters. The summed E-state index contributed by atoms with van der Waals surface area (Å²) in [6.07, 6.45) is 5.22. The maximum Gasteiger partial charge on any atom is 0.253 e. The number of carbonyl (C=O) groups is 1. The van der Waals surface area contributed by atoms with Crippen LogP contribution < -0.4 is 10.2 Å². The van der Waals surface area contributed by atoms with E-state index in [4.69, 9.17) is 20.8 Å². The van der Waals surface area contributed by atoms with Gasteiger partial charge in [-0.3, -0.25) is 9.59 Å². The minimum absolute atomic E-state index is 0.0658. The van der Waals surface area contributed by atoms with Crippen molar-refractivity contribution < 1.29 is 13.9 Å². The van der Waals surface area contributed by atoms with Crippen LogP contribution in [0.1, 0.15) is 29.8 Å². The van der Waals surface area contributed by atoms with Crippen molar-refractivity contribution in [3.05, 3.63) is 51.8 Å². The molecule has 1 aliphatic heterocycles. The smallest absolute Gasteiger partial charge is 0.253 e. The quantitative estimate of drug-likeness (QED) is 0.496. The summed E-state index contributed by atoms with van der Waals surface area (Å²) in [4.78, 5) is 28.8. The molecule has 0 saturated carbocycles. The Hall–Kier alpha value is -2.66. The SMILES string of the molecule is CC1(C)C=Cc2c(cc(C(=O)Cl)c3c(=O)c4cccnc4oc23)O1. The molecule has 6 heteroatoms. The van der Waals surface area contributed by atoms with Gasteiger partial charge in [0.15, 0.2) is 5.58 Å². The fourth-order valence-corrected chi connectivity index (χ4v) is 3.01. The minimum Gasteiger partial charge on any atom is -0.483 e. The topological polar surface area (TPSA) is 69.4 Å². The Labute approximate surface area is 141 Å². The highest BCUT2D eigenvalue weighted by Crippen LogP contribution is 2.38. The first-order valence-electron chi connectivity index (χ1n) is 7.34. The van der Waals surface area contributed by atoms with Crippen molar-refractivity contribution in [2.75, 3.05) is 0 Å². The van der Waals surface area contributed by atoms with Gasteiger partial charge in [-0.05, 0) is 55.8 Å². The highest BCUT2D eigenvalue weighted by Gasteiger charge is 2.28. The van der Waals surface area contributed by atoms with E-state index < -0.39 is 10.8 Å². The van der Waals surface area contributed by atoms with Crippen LogP contribution in [0.25, 0.3) is 28.1 Å². The maximum atomic E-state index is 12.9. The Morgan fingerprint density at radius 3 is 2.88 bits per heavy atom. The average molecular weight is 342 g/mol. The number of hydrogen-bond acceptors (Lipinski definition) is 5. The van der Waals surface area contributed by atoms with Crippen molar-refractivity contribution in [1.29, 1.82) is 0 Å². The summed E-state index contributed by atoms with van der Waals surface area (Å²) in [7, 11) is 0. The molecule has 3 heterocycles. The zero-order valence-corrected chi connectivity index (χ0v) is 13.7. The normalized spacial score (nSPS) is 15.3. The summed E-state index contributed by atoms with van der Waals surface area (Å²) in [5, 5.41) is -0.304. The first-order chi connectivity index (χ1) is 11.4. The molecule has 24 heavy (non-hydrogen) atoms. The van der Waals surface area contributed by atoms with Gasteiger partial charge < -0.3 is 9.15 Å². The molecule has 0 bridgehead atoms. The zero-order chi connectivity index (χ0) is 17.1. The van der Waals surface area contributed by atoms with E-state index in [1.54, 1.807) is 12.1 Å². The summed E-state index contributed by atoms with van der Waals surface area (Å²) in [6, 6.07) is 4.74. The third-order valence-electron chi connectivity index (χ3n) is 3.96. The van der Waals surface area contributed by atoms with E-state index in [2.05, 4.69) is 4.98 Å². The highest BCUT2D eigenvalue weighted by molar-refractivity contribution is 6.68. The van der Waals surface area contributed by atoms with Crippen molar-refractivity contribution in [1.82, 2.24) is 4.98 Å². The summed E-state index contributed by atoms with van der Waals surface area (Å²) in [5.74, 6) is 0.442. The number of halogens is 1. The van der Waals surface area contributed by atoms with Gasteiger partial charge in [-0.15, -0.1) is 0 Å². The van der Waals surface area contributed by atoms with Crippen molar-refractivity contribution in [2.24, 2.45) is 0 Å². The first kappa shape index (κ1) is 14.9. The molecule has 0 N–H and O–H groups in total. The lowest BCUT2D eigenvalue weighted by Crippen LogP contribution is -2.28. The van der Waals surface area contributed by atoms with Crippen molar-refractivity contribution in [2.45, 2.75) is 19.4 Å². The summed E-state index contributed by atoms with van der Waals surface area (Å²) >= 11 is 5.71. The van der Waals surface area contributed by atoms with Crippen LogP contribution in [0.3, 0.4) is 0 Å². The highest BCUT2D eigenvalue weighted by atomic mass is 35.5. The van der Waals surface area contributed by atoms with Crippen molar-refractivity contribution in [3.8, 4) is 5.75 Å². The van der Waals surface area contributed by atoms with Crippen LogP contribution in [-0.2, 0) is 0 Å². The van der Waals surface area contributed by atoms with Gasteiger partial charge in [-0.1, -0.05) is 0 Å². The predicted molar refractivity (Wildman–Crippen MR) is 91.7 cm³/mol. The van der Waals surface area contributed by atoms with E-state index in [1.165, 1.54) is 12.3 Å². The van der Waals surface area contributed by atoms with E-state index >= 15 is 0 Å². The summed E-state index contributed by atoms with van der Waals surface area (Å²) in [5.41, 5.74) is 0.230. The number of ether oxygens (including phenoxy) is 1. The molecule has 0 aliphatic carbocycles. The average Bonchev–Trinajstić information content (AvgIpc) is 2.53. The lowest BCUT2D eigenvalue weighted by molar-refractivity contribution is 0.108. The second kappa shape index (κ2) is 4.92. The molecule has 0 amide bonds. The number of fused-ring (bicyclic) bond motifs is 4. The van der Waals surface area contributed by atoms with Crippen molar-refractivity contribution in [3.63, 3.8) is 0 Å². The van der Waals surface area contributed by atoms with E-state index in [1.807, 2.05) is 26.0 Å². The molecule has 120 valence electrons. The first-order valence-corrected chi connectivity index (χ1v) is 7.72. The van der Waals surface area contributed by atoms with Gasteiger partial charge in [0.25, 0.3) is 5.24 Å². The van der Waals surface area contributed by atoms with E-state index in [0.29, 0.717) is 16.7 Å². The Morgan fingerprint density at radius 1 is 1.33 bits per heavy atom. The maximum absolute atomic E-state index is 12.9. The fourth-order valence-electron chi connectivity index (χ4n) is 2.86. The van der Waals surface area contributed by atoms with Gasteiger partial charge in [0.2, 0.25) is 11.1 Å². The number of carbonyl (C=O) groups excluding carboxylic acids is 1. The molecule has 0 fully saturated rings. The number of benzene rings is 1. The number of hydrogen-bond donors (Lipinski definition) is 0. The van der Waals surface area contributed by atoms with Gasteiger partial charge >= 0.3 is 0 Å². The molecule has 3 aromatic rings. The Morgan fingerprint density at radius 2 is 2.12 bits per heavy atom. The third kappa shape index (κ3) is 2.12. The summed E-state index contributed by atoms with van der Waals surface area (Å²) in [6.45, 7) is 3.77. The molecule has 0 saturated heterocycles. The Kier molecular flexibility index (Phi) is 3.05. The van der Waals surface area contributed by atoms with Crippen LogP contribution in [-0.4, -0.2) is 15.8 Å². The second-order valence-electron chi connectivity index (χ2n) is 6.14. The summed E-state index contributed by atoms with van der Waals surface area (Å²) < 4.78 is 11.7. The standard InChI is InChI=1S/C18H12ClNO4/c1-18(2)6-5-9-12(24-18)8-11(16(19)22)13-14(21)10-4-3-7-20-17(10)23-15(9)13/h3-8H,1-2H3. The van der Waals surface area contributed by atoms with Crippen LogP contribution in [0, 0.1) is 0 Å². The van der Waals surface area contributed by atoms with Crippen LogP contribution >= 0.6 is 11.6 Å². The second-order valence-corrected chi connectivity index (χ2v) is 6.48. The molecule has 1 aromatic carbocycles. The predicted octanol–water partition coefficient (Wildman–Crippen LogP) is 3.90. The number of aromatic nitrogens is 1. The number of nitrogens with zero attached hydrogens (tertiary/aromatic N) is 1. The molecule has 4 rings (SSSR count). The Bertz CT molecular complexity index is 1110. The molecule has 0 atom stereocenters. The minimum atomic E-state index is -0.741. The van der Waals surface area contributed by atoms with Gasteiger partial charge in [-0.25, -0.2) is 4.98 Å². The van der Waals surface area contributed by atoms with Crippen molar-refractivity contribution >= 4 is 45.0 Å². The van der Waals surface area contributed by atoms with E-state index in [-0.39, 0.29) is 27.7 Å². The van der Waals surface area contributed by atoms with Gasteiger partial charge in [0, 0.05) is 6.20 Å². The van der Waals surface area contributed by atoms with Gasteiger partial charge in [-0.2, -0.15) is 0 Å². The van der Waals surface area contributed by atoms with Crippen LogP contribution in [0.5, 0.6) is 5.75 Å². The number of rotatable bonds is 1. The lowest BCUT2D eigenvalue weighted by Gasteiger charge is -2.28. The largest absolute Gasteiger partial charge is 0.483 e. The monoisotopic (exact) mass is 341 g/mol. The molecule has 1 aliphatic rings. The molecular formula is C18H12ClNO4. The van der Waals surface area contributed by atoms with Gasteiger partial charge in [0.1, 0.15) is 11.4 Å². The van der Waals surface area contributed by atoms with Crippen LogP contribution in [0.4, 0.5) is 0 Å². The van der Waals surface area contributed by atoms with Gasteiger partial charge in [0.05, 0.1) is 21.9 Å². The van der Waals surface area contributed by atoms with E-state index in [0.717, 1.165) is 0 Å². The Balaban J connectivity index is 2.23. The van der Waals surface area contributed by atoms with E-state index in [9.17, 15) is 9.59 Å². The molecule has 0 spiro atoms. The molecule has 5 nitrogen and oxygen atoms in total. The fraction of sp³-hybridized carbons (Fsp3) is 0.167. The molecular weight excluding hydrogens is 330 g/mol. The molecule has 0 radical (unpaired) electrons. The number of pyridine rings is 1. The zero-order valence-electron chi connectivity index (χ0n) is 12.9.